The minimum atomic E-state index is -1.07. The van der Waals surface area contributed by atoms with Gasteiger partial charge in [-0.2, -0.15) is 0 Å². The summed E-state index contributed by atoms with van der Waals surface area (Å²) >= 11 is 0. The number of benzene rings is 2. The number of pyridine rings is 1. The van der Waals surface area contributed by atoms with Gasteiger partial charge in [0, 0.05) is 38.7 Å². The van der Waals surface area contributed by atoms with Gasteiger partial charge in [-0.3, -0.25) is 9.80 Å². The van der Waals surface area contributed by atoms with Crippen molar-refractivity contribution >= 4 is 17.9 Å². The number of piperidine rings is 1. The number of hydrogen-bond donors (Lipinski definition) is 1. The minimum Gasteiger partial charge on any atom is -0.493 e. The average molecular weight is 550 g/mol. The Morgan fingerprint density at radius 3 is 2.25 bits per heavy atom. The van der Waals surface area contributed by atoms with Crippen molar-refractivity contribution in [2.75, 3.05) is 37.7 Å². The second-order valence-corrected chi connectivity index (χ2v) is 9.96. The van der Waals surface area contributed by atoms with Crippen LogP contribution in [0.15, 0.2) is 54.7 Å². The first-order valence-corrected chi connectivity index (χ1v) is 13.4. The van der Waals surface area contributed by atoms with E-state index >= 15 is 0 Å². The molecule has 2 aliphatic heterocycles. The van der Waals surface area contributed by atoms with Crippen LogP contribution in [0.4, 0.5) is 15.0 Å². The number of aromatic nitrogens is 1. The minimum absolute atomic E-state index is 0.0602. The Kier molecular flexibility index (Phi) is 7.88. The van der Waals surface area contributed by atoms with Gasteiger partial charge in [-0.25, -0.2) is 19.0 Å². The molecule has 10 heteroatoms. The van der Waals surface area contributed by atoms with Crippen LogP contribution in [0.5, 0.6) is 11.5 Å². The maximum absolute atomic E-state index is 13.6. The summed E-state index contributed by atoms with van der Waals surface area (Å²) in [6.45, 7) is 7.28. The molecule has 3 aromatic rings. The number of ether oxygens (including phenoxy) is 3. The number of aromatic carboxylic acids is 1. The molecule has 0 unspecified atom stereocenters. The second kappa shape index (κ2) is 11.5. The van der Waals surface area contributed by atoms with E-state index in [9.17, 15) is 14.0 Å². The number of anilines is 1. The maximum atomic E-state index is 13.6. The number of hydrogen-bond acceptors (Lipinski definition) is 7. The fourth-order valence-electron chi connectivity index (χ4n) is 5.28. The topological polar surface area (TPSA) is 101 Å². The van der Waals surface area contributed by atoms with E-state index in [2.05, 4.69) is 9.88 Å². The lowest BCUT2D eigenvalue weighted by Crippen LogP contribution is -2.46. The van der Waals surface area contributed by atoms with Gasteiger partial charge in [0.1, 0.15) is 28.7 Å². The lowest BCUT2D eigenvalue weighted by molar-refractivity contribution is -0.00101. The largest absolute Gasteiger partial charge is 0.493 e. The highest BCUT2D eigenvalue weighted by Gasteiger charge is 2.47. The van der Waals surface area contributed by atoms with Crippen molar-refractivity contribution < 1.29 is 33.3 Å². The van der Waals surface area contributed by atoms with E-state index in [1.165, 1.54) is 35.4 Å². The van der Waals surface area contributed by atoms with Gasteiger partial charge in [0.15, 0.2) is 0 Å². The van der Waals surface area contributed by atoms with Crippen LogP contribution in [0.3, 0.4) is 0 Å². The number of nitrogens with zero attached hydrogens (tertiary/aromatic N) is 3. The van der Waals surface area contributed by atoms with Crippen LogP contribution in [0.2, 0.25) is 0 Å². The molecule has 9 nitrogen and oxygen atoms in total. The van der Waals surface area contributed by atoms with Crippen molar-refractivity contribution in [3.8, 4) is 22.6 Å². The summed E-state index contributed by atoms with van der Waals surface area (Å²) < 4.78 is 31.4. The van der Waals surface area contributed by atoms with E-state index in [0.717, 1.165) is 29.8 Å². The van der Waals surface area contributed by atoms with Crippen LogP contribution >= 0.6 is 0 Å². The van der Waals surface area contributed by atoms with Crippen molar-refractivity contribution in [1.82, 2.24) is 9.88 Å². The number of halogens is 1. The van der Waals surface area contributed by atoms with Gasteiger partial charge in [0.25, 0.3) is 0 Å². The number of carboxylic acid groups (broad SMARTS) is 1. The third kappa shape index (κ3) is 5.72. The smallest absolute Gasteiger partial charge is 0.416 e. The Labute approximate surface area is 232 Å². The predicted molar refractivity (Wildman–Crippen MR) is 146 cm³/mol. The van der Waals surface area contributed by atoms with E-state index in [4.69, 9.17) is 19.3 Å². The zero-order chi connectivity index (χ0) is 28.3. The highest BCUT2D eigenvalue weighted by Crippen LogP contribution is 2.41. The van der Waals surface area contributed by atoms with Crippen molar-refractivity contribution in [1.29, 1.82) is 0 Å². The van der Waals surface area contributed by atoms with Crippen molar-refractivity contribution in [2.24, 2.45) is 0 Å². The van der Waals surface area contributed by atoms with Crippen LogP contribution in [0, 0.1) is 5.82 Å². The molecule has 5 rings (SSSR count). The molecule has 3 heterocycles. The molecular weight excluding hydrogens is 517 g/mol. The first-order valence-electron chi connectivity index (χ1n) is 13.4. The SMILES string of the molecule is CCOc1cc(CN2CCC3(CC2)CN(c2ccc(C(=O)O)cn2)C(=O)O3)cc(OCC)c1-c1ccc(F)cc1. The third-order valence-corrected chi connectivity index (χ3v) is 7.27. The molecule has 210 valence electrons. The van der Waals surface area contributed by atoms with Gasteiger partial charge in [-0.05, 0) is 61.4 Å². The fourth-order valence-corrected chi connectivity index (χ4v) is 5.28. The fraction of sp³-hybridized carbons (Fsp3) is 0.367. The van der Waals surface area contributed by atoms with Gasteiger partial charge in [-0.15, -0.1) is 0 Å². The molecule has 2 fully saturated rings. The van der Waals surface area contributed by atoms with E-state index in [-0.39, 0.29) is 11.4 Å². The zero-order valence-electron chi connectivity index (χ0n) is 22.6. The maximum Gasteiger partial charge on any atom is 0.416 e. The highest BCUT2D eigenvalue weighted by atomic mass is 19.1. The Balaban J connectivity index is 1.29. The number of likely N-dealkylation sites (tertiary alicyclic amines) is 1. The molecule has 0 atom stereocenters. The number of carboxylic acids is 1. The molecule has 2 aliphatic rings. The predicted octanol–water partition coefficient (Wildman–Crippen LogP) is 5.37. The van der Waals surface area contributed by atoms with E-state index < -0.39 is 17.7 Å². The Bertz CT molecular complexity index is 1340. The quantitative estimate of drug-likeness (QED) is 0.380. The third-order valence-electron chi connectivity index (χ3n) is 7.27. The first kappa shape index (κ1) is 27.4. The number of amides is 1. The molecular formula is C30H32FN3O6. The molecule has 1 amide bonds. The van der Waals surface area contributed by atoms with Gasteiger partial charge in [0.05, 0.1) is 30.9 Å². The summed E-state index contributed by atoms with van der Waals surface area (Å²) in [5.41, 5.74) is 2.10. The number of rotatable bonds is 9. The van der Waals surface area contributed by atoms with Crippen molar-refractivity contribution in [3.63, 3.8) is 0 Å². The molecule has 1 aromatic heterocycles. The molecule has 2 aromatic carbocycles. The van der Waals surface area contributed by atoms with Crippen LogP contribution in [0.1, 0.15) is 42.6 Å². The summed E-state index contributed by atoms with van der Waals surface area (Å²) in [6, 6.07) is 13.3. The summed E-state index contributed by atoms with van der Waals surface area (Å²) in [5, 5.41) is 9.10. The molecule has 1 spiro atoms. The Morgan fingerprint density at radius 1 is 1.05 bits per heavy atom. The highest BCUT2D eigenvalue weighted by molar-refractivity contribution is 5.91. The van der Waals surface area contributed by atoms with E-state index in [1.54, 1.807) is 12.1 Å². The van der Waals surface area contributed by atoms with E-state index in [1.807, 2.05) is 26.0 Å². The molecule has 1 N–H and O–H groups in total. The molecule has 0 saturated carbocycles. The van der Waals surface area contributed by atoms with Gasteiger partial charge >= 0.3 is 12.1 Å². The van der Waals surface area contributed by atoms with Crippen LogP contribution in [-0.2, 0) is 11.3 Å². The first-order chi connectivity index (χ1) is 19.3. The summed E-state index contributed by atoms with van der Waals surface area (Å²) in [6.07, 6.45) is 2.09. The monoisotopic (exact) mass is 549 g/mol. The lowest BCUT2D eigenvalue weighted by atomic mass is 9.91. The standard InChI is InChI=1S/C30H32FN3O6/c1-3-38-24-15-20(16-25(39-4-2)27(24)21-5-8-23(31)9-6-21)18-33-13-11-30(12-14-33)19-34(29(37)40-30)26-10-7-22(17-32-26)28(35)36/h5-10,15-17H,3-4,11-14,18-19H2,1-2H3,(H,35,36). The normalized spacial score (nSPS) is 16.7. The van der Waals surface area contributed by atoms with Crippen molar-refractivity contribution in [2.45, 2.75) is 38.8 Å². The lowest BCUT2D eigenvalue weighted by Gasteiger charge is -2.37. The van der Waals surface area contributed by atoms with Gasteiger partial charge in [0.2, 0.25) is 0 Å². The van der Waals surface area contributed by atoms with Gasteiger partial charge < -0.3 is 19.3 Å². The summed E-state index contributed by atoms with van der Waals surface area (Å²) in [7, 11) is 0. The molecule has 0 radical (unpaired) electrons. The van der Waals surface area contributed by atoms with Crippen LogP contribution in [-0.4, -0.2) is 65.5 Å². The molecule has 0 aliphatic carbocycles. The molecule has 0 bridgehead atoms. The summed E-state index contributed by atoms with van der Waals surface area (Å²) in [4.78, 5) is 31.7. The summed E-state index contributed by atoms with van der Waals surface area (Å²) in [5.74, 6) is 0.374. The Morgan fingerprint density at radius 2 is 1.70 bits per heavy atom. The van der Waals surface area contributed by atoms with Crippen LogP contribution < -0.4 is 14.4 Å². The van der Waals surface area contributed by atoms with Gasteiger partial charge in [-0.1, -0.05) is 12.1 Å². The number of carbonyl (C=O) groups excluding carboxylic acids is 1. The van der Waals surface area contributed by atoms with Crippen LogP contribution in [0.25, 0.3) is 11.1 Å². The zero-order valence-corrected chi connectivity index (χ0v) is 22.6. The second-order valence-electron chi connectivity index (χ2n) is 9.96. The van der Waals surface area contributed by atoms with E-state index in [0.29, 0.717) is 56.5 Å². The van der Waals surface area contributed by atoms with Crippen molar-refractivity contribution in [3.05, 3.63) is 71.7 Å². The average Bonchev–Trinajstić information content (AvgIpc) is 3.26. The number of carbonyl (C=O) groups is 2. The molecule has 40 heavy (non-hydrogen) atoms. The molecule has 2 saturated heterocycles. The Hall–Kier alpha value is -4.18.